The molecule has 0 unspecified atom stereocenters. The second kappa shape index (κ2) is 8.56. The lowest BCUT2D eigenvalue weighted by atomic mass is 10.0. The Hall–Kier alpha value is -3.11. The fourth-order valence-corrected chi connectivity index (χ4v) is 4.16. The SMILES string of the molecule is N#Cc1ccc(N2CCCCCN2Cc2cccc(C(F)(F)F)c2F)c2ccccc12. The summed E-state index contributed by atoms with van der Waals surface area (Å²) in [6.45, 7) is 1.30. The number of hydrogen-bond acceptors (Lipinski definition) is 3. The smallest absolute Gasteiger partial charge is 0.305 e. The van der Waals surface area contributed by atoms with E-state index in [0.29, 0.717) is 18.7 Å². The van der Waals surface area contributed by atoms with Gasteiger partial charge in [-0.1, -0.05) is 42.8 Å². The van der Waals surface area contributed by atoms with Crippen LogP contribution in [0.2, 0.25) is 0 Å². The molecule has 0 atom stereocenters. The number of hydrogen-bond donors (Lipinski definition) is 0. The number of nitrogens with zero attached hydrogens (tertiary/aromatic N) is 3. The summed E-state index contributed by atoms with van der Waals surface area (Å²) in [5, 5.41) is 15.1. The van der Waals surface area contributed by atoms with Crippen molar-refractivity contribution < 1.29 is 17.6 Å². The topological polar surface area (TPSA) is 30.3 Å². The molecule has 3 aromatic rings. The Kier molecular flexibility index (Phi) is 5.84. The summed E-state index contributed by atoms with van der Waals surface area (Å²) in [4.78, 5) is 0. The van der Waals surface area contributed by atoms with E-state index in [1.807, 2.05) is 40.3 Å². The zero-order valence-corrected chi connectivity index (χ0v) is 16.8. The average Bonchev–Trinajstić information content (AvgIpc) is 2.99. The van der Waals surface area contributed by atoms with Crippen LogP contribution in [0.1, 0.15) is 36.0 Å². The van der Waals surface area contributed by atoms with Gasteiger partial charge in [0.2, 0.25) is 0 Å². The second-order valence-electron chi connectivity index (χ2n) is 7.64. The summed E-state index contributed by atoms with van der Waals surface area (Å²) in [5.41, 5.74) is 0.198. The van der Waals surface area contributed by atoms with E-state index in [1.165, 1.54) is 12.1 Å². The van der Waals surface area contributed by atoms with E-state index in [9.17, 15) is 22.8 Å². The lowest BCUT2D eigenvalue weighted by Gasteiger charge is -2.36. The number of fused-ring (bicyclic) bond motifs is 1. The van der Waals surface area contributed by atoms with Crippen molar-refractivity contribution in [2.24, 2.45) is 0 Å². The quantitative estimate of drug-likeness (QED) is 0.461. The van der Waals surface area contributed by atoms with Crippen molar-refractivity contribution in [2.75, 3.05) is 18.1 Å². The van der Waals surface area contributed by atoms with Crippen molar-refractivity contribution in [3.05, 3.63) is 77.1 Å². The van der Waals surface area contributed by atoms with Gasteiger partial charge in [0.05, 0.1) is 22.9 Å². The number of rotatable bonds is 3. The molecule has 0 aliphatic carbocycles. The molecule has 1 heterocycles. The molecule has 1 fully saturated rings. The summed E-state index contributed by atoms with van der Waals surface area (Å²) in [5.74, 6) is -1.22. The standard InChI is InChI=1S/C24H21F4N3/c25-23-18(7-6-10-21(23)24(26,27)28)16-30-13-4-1-5-14-31(30)22-12-11-17(15-29)19-8-2-3-9-20(19)22/h2-3,6-12H,1,4-5,13-14,16H2. The second-order valence-corrected chi connectivity index (χ2v) is 7.64. The largest absolute Gasteiger partial charge is 0.419 e. The Morgan fingerprint density at radius 1 is 0.871 bits per heavy atom. The van der Waals surface area contributed by atoms with Gasteiger partial charge >= 0.3 is 6.18 Å². The minimum atomic E-state index is -4.73. The van der Waals surface area contributed by atoms with Gasteiger partial charge in [0.15, 0.2) is 0 Å². The first-order valence-electron chi connectivity index (χ1n) is 10.2. The predicted octanol–water partition coefficient (Wildman–Crippen LogP) is 6.28. The highest BCUT2D eigenvalue weighted by Crippen LogP contribution is 2.35. The zero-order valence-electron chi connectivity index (χ0n) is 16.8. The molecule has 31 heavy (non-hydrogen) atoms. The van der Waals surface area contributed by atoms with Crippen LogP contribution in [-0.2, 0) is 12.7 Å². The third-order valence-corrected chi connectivity index (χ3v) is 5.66. The van der Waals surface area contributed by atoms with Crippen LogP contribution >= 0.6 is 0 Å². The van der Waals surface area contributed by atoms with Crippen LogP contribution in [0.5, 0.6) is 0 Å². The maximum absolute atomic E-state index is 14.7. The van der Waals surface area contributed by atoms with Crippen molar-refractivity contribution in [3.8, 4) is 6.07 Å². The van der Waals surface area contributed by atoms with Crippen molar-refractivity contribution in [1.29, 1.82) is 5.26 Å². The monoisotopic (exact) mass is 427 g/mol. The predicted molar refractivity (Wildman–Crippen MR) is 112 cm³/mol. The molecule has 4 rings (SSSR count). The molecule has 0 N–H and O–H groups in total. The highest BCUT2D eigenvalue weighted by atomic mass is 19.4. The Balaban J connectivity index is 1.75. The van der Waals surface area contributed by atoms with Crippen LogP contribution in [0.25, 0.3) is 10.8 Å². The van der Waals surface area contributed by atoms with Gasteiger partial charge in [0.25, 0.3) is 0 Å². The van der Waals surface area contributed by atoms with Crippen molar-refractivity contribution >= 4 is 16.5 Å². The van der Waals surface area contributed by atoms with E-state index in [0.717, 1.165) is 41.8 Å². The number of nitriles is 1. The Labute approximate surface area is 178 Å². The van der Waals surface area contributed by atoms with Gasteiger partial charge in [-0.15, -0.1) is 0 Å². The normalized spacial score (nSPS) is 15.6. The van der Waals surface area contributed by atoms with E-state index < -0.39 is 17.6 Å². The summed E-state index contributed by atoms with van der Waals surface area (Å²) < 4.78 is 54.2. The Morgan fingerprint density at radius 2 is 1.61 bits per heavy atom. The van der Waals surface area contributed by atoms with Gasteiger partial charge in [-0.3, -0.25) is 0 Å². The fraction of sp³-hybridized carbons (Fsp3) is 0.292. The maximum atomic E-state index is 14.7. The van der Waals surface area contributed by atoms with E-state index in [4.69, 9.17) is 0 Å². The molecule has 0 amide bonds. The lowest BCUT2D eigenvalue weighted by molar-refractivity contribution is -0.140. The molecule has 160 valence electrons. The van der Waals surface area contributed by atoms with E-state index >= 15 is 0 Å². The van der Waals surface area contributed by atoms with Crippen molar-refractivity contribution in [1.82, 2.24) is 5.01 Å². The highest BCUT2D eigenvalue weighted by molar-refractivity contribution is 5.97. The van der Waals surface area contributed by atoms with Crippen molar-refractivity contribution in [2.45, 2.75) is 32.0 Å². The van der Waals surface area contributed by atoms with Gasteiger partial charge < -0.3 is 5.01 Å². The first-order chi connectivity index (χ1) is 14.9. The summed E-state index contributed by atoms with van der Waals surface area (Å²) in [7, 11) is 0. The first kappa shape index (κ1) is 21.1. The minimum absolute atomic E-state index is 0.0136. The first-order valence-corrected chi connectivity index (χ1v) is 10.2. The van der Waals surface area contributed by atoms with Crippen LogP contribution in [0, 0.1) is 17.1 Å². The molecule has 1 aliphatic heterocycles. The molecule has 3 aromatic carbocycles. The number of hydrazine groups is 1. The molecule has 0 saturated carbocycles. The highest BCUT2D eigenvalue weighted by Gasteiger charge is 2.35. The van der Waals surface area contributed by atoms with Gasteiger partial charge in [0.1, 0.15) is 5.82 Å². The van der Waals surface area contributed by atoms with Crippen LogP contribution < -0.4 is 5.01 Å². The molecule has 1 aliphatic rings. The molecular weight excluding hydrogens is 406 g/mol. The van der Waals surface area contributed by atoms with Crippen LogP contribution in [0.15, 0.2) is 54.6 Å². The van der Waals surface area contributed by atoms with E-state index in [1.54, 1.807) is 6.07 Å². The van der Waals surface area contributed by atoms with Crippen LogP contribution in [-0.4, -0.2) is 18.1 Å². The third kappa shape index (κ3) is 4.21. The average molecular weight is 427 g/mol. The van der Waals surface area contributed by atoms with Gasteiger partial charge in [-0.05, 0) is 31.0 Å². The molecule has 0 radical (unpaired) electrons. The number of alkyl halides is 3. The summed E-state index contributed by atoms with van der Waals surface area (Å²) in [6, 6.07) is 16.8. The summed E-state index contributed by atoms with van der Waals surface area (Å²) in [6.07, 6.45) is -1.98. The molecule has 1 saturated heterocycles. The maximum Gasteiger partial charge on any atom is 0.419 e. The lowest BCUT2D eigenvalue weighted by Crippen LogP contribution is -2.42. The van der Waals surface area contributed by atoms with E-state index in [-0.39, 0.29) is 12.1 Å². The van der Waals surface area contributed by atoms with Crippen LogP contribution in [0.3, 0.4) is 0 Å². The van der Waals surface area contributed by atoms with Gasteiger partial charge in [-0.25, -0.2) is 9.40 Å². The van der Waals surface area contributed by atoms with Gasteiger partial charge in [-0.2, -0.15) is 18.4 Å². The molecule has 3 nitrogen and oxygen atoms in total. The number of anilines is 1. The molecule has 7 heteroatoms. The molecule has 0 spiro atoms. The molecular formula is C24H21F4N3. The minimum Gasteiger partial charge on any atom is -0.305 e. The van der Waals surface area contributed by atoms with Crippen LogP contribution in [0.4, 0.5) is 23.2 Å². The van der Waals surface area contributed by atoms with Crippen molar-refractivity contribution in [3.63, 3.8) is 0 Å². The van der Waals surface area contributed by atoms with E-state index in [2.05, 4.69) is 6.07 Å². The number of halogens is 4. The molecule has 0 bridgehead atoms. The Bertz CT molecular complexity index is 1130. The third-order valence-electron chi connectivity index (χ3n) is 5.66. The Morgan fingerprint density at radius 3 is 2.35 bits per heavy atom. The zero-order chi connectivity index (χ0) is 22.0. The number of benzene rings is 3. The fourth-order valence-electron chi connectivity index (χ4n) is 4.16. The van der Waals surface area contributed by atoms with Gasteiger partial charge in [0, 0.05) is 36.0 Å². The molecule has 0 aromatic heterocycles. The summed E-state index contributed by atoms with van der Waals surface area (Å²) >= 11 is 0.